The van der Waals surface area contributed by atoms with E-state index in [-0.39, 0.29) is 5.78 Å². The summed E-state index contributed by atoms with van der Waals surface area (Å²) in [5.74, 6) is 0.527. The molecule has 2 aromatic carbocycles. The van der Waals surface area contributed by atoms with Crippen molar-refractivity contribution in [2.24, 2.45) is 0 Å². The van der Waals surface area contributed by atoms with Crippen LogP contribution in [-0.2, 0) is 0 Å². The van der Waals surface area contributed by atoms with Crippen LogP contribution in [0.15, 0.2) is 54.6 Å². The lowest BCUT2D eigenvalue weighted by Gasteiger charge is -2.09. The quantitative estimate of drug-likeness (QED) is 0.616. The van der Waals surface area contributed by atoms with Crippen molar-refractivity contribution in [1.82, 2.24) is 0 Å². The van der Waals surface area contributed by atoms with Gasteiger partial charge in [0.05, 0.1) is 7.11 Å². The number of carbonyl (C=O) groups is 1. The lowest BCUT2D eigenvalue weighted by Crippen LogP contribution is -2.07. The molecule has 2 rings (SSSR count). The van der Waals surface area contributed by atoms with Crippen molar-refractivity contribution in [2.75, 3.05) is 7.11 Å². The minimum atomic E-state index is -0.668. The Morgan fingerprint density at radius 3 is 2.50 bits per heavy atom. The summed E-state index contributed by atoms with van der Waals surface area (Å²) in [6, 6.07) is 16.3. The maximum atomic E-state index is 12.2. The third-order valence-corrected chi connectivity index (χ3v) is 3.13. The predicted octanol–water partition coefficient (Wildman–Crippen LogP) is 3.86. The minimum Gasteiger partial charge on any atom is -0.497 e. The molecule has 0 radical (unpaired) electrons. The van der Waals surface area contributed by atoms with Gasteiger partial charge in [0.25, 0.3) is 0 Å². The van der Waals surface area contributed by atoms with Gasteiger partial charge in [-0.2, -0.15) is 0 Å². The summed E-state index contributed by atoms with van der Waals surface area (Å²) in [5, 5.41) is -0.668. The molecule has 3 heteroatoms. The average molecular weight is 261 g/mol. The number of hydrogen-bond donors (Lipinski definition) is 0. The fourth-order valence-electron chi connectivity index (χ4n) is 1.70. The van der Waals surface area contributed by atoms with Crippen LogP contribution in [0, 0.1) is 0 Å². The Labute approximate surface area is 111 Å². The van der Waals surface area contributed by atoms with Crippen LogP contribution in [-0.4, -0.2) is 12.9 Å². The minimum absolute atomic E-state index is 0.123. The number of halogens is 1. The van der Waals surface area contributed by atoms with Crippen molar-refractivity contribution in [3.63, 3.8) is 0 Å². The Balaban J connectivity index is 2.25. The third-order valence-electron chi connectivity index (χ3n) is 2.68. The zero-order chi connectivity index (χ0) is 13.0. The lowest BCUT2D eigenvalue weighted by atomic mass is 10.0. The van der Waals surface area contributed by atoms with E-state index in [1.807, 2.05) is 30.3 Å². The fourth-order valence-corrected chi connectivity index (χ4v) is 1.97. The molecule has 0 N–H and O–H groups in total. The van der Waals surface area contributed by atoms with Crippen LogP contribution in [0.25, 0.3) is 0 Å². The van der Waals surface area contributed by atoms with Gasteiger partial charge in [-0.1, -0.05) is 42.5 Å². The highest BCUT2D eigenvalue weighted by Crippen LogP contribution is 2.26. The van der Waals surface area contributed by atoms with Gasteiger partial charge >= 0.3 is 0 Å². The van der Waals surface area contributed by atoms with E-state index in [4.69, 9.17) is 16.3 Å². The molecule has 0 aliphatic carbocycles. The molecule has 0 saturated carbocycles. The SMILES string of the molecule is COc1cccc(C(=O)C(Cl)c2ccccc2)c1. The largest absolute Gasteiger partial charge is 0.497 e. The van der Waals surface area contributed by atoms with Crippen LogP contribution in [0.2, 0.25) is 0 Å². The molecule has 0 aliphatic heterocycles. The van der Waals surface area contributed by atoms with Gasteiger partial charge in [0.15, 0.2) is 5.78 Å². The van der Waals surface area contributed by atoms with Gasteiger partial charge in [0, 0.05) is 5.56 Å². The zero-order valence-electron chi connectivity index (χ0n) is 9.97. The number of Topliss-reactive ketones (excluding diaryl/α,β-unsaturated/α-hetero) is 1. The molecule has 0 heterocycles. The molecule has 2 nitrogen and oxygen atoms in total. The summed E-state index contributed by atoms with van der Waals surface area (Å²) in [6.45, 7) is 0. The number of carbonyl (C=O) groups excluding carboxylic acids is 1. The number of benzene rings is 2. The second-order valence-electron chi connectivity index (χ2n) is 3.87. The number of methoxy groups -OCH3 is 1. The zero-order valence-corrected chi connectivity index (χ0v) is 10.7. The highest BCUT2D eigenvalue weighted by Gasteiger charge is 2.19. The van der Waals surface area contributed by atoms with Crippen LogP contribution in [0.5, 0.6) is 5.75 Å². The average Bonchev–Trinajstić information content (AvgIpc) is 2.46. The summed E-state index contributed by atoms with van der Waals surface area (Å²) in [6.07, 6.45) is 0. The van der Waals surface area contributed by atoms with Gasteiger partial charge in [0.2, 0.25) is 0 Å². The van der Waals surface area contributed by atoms with Crippen LogP contribution in [0.3, 0.4) is 0 Å². The summed E-state index contributed by atoms with van der Waals surface area (Å²) < 4.78 is 5.10. The molecular formula is C15H13ClO2. The first-order valence-electron chi connectivity index (χ1n) is 5.59. The van der Waals surface area contributed by atoms with Gasteiger partial charge < -0.3 is 4.74 Å². The third kappa shape index (κ3) is 2.71. The molecule has 0 bridgehead atoms. The maximum Gasteiger partial charge on any atom is 0.185 e. The van der Waals surface area contributed by atoms with E-state index in [1.165, 1.54) is 0 Å². The number of hydrogen-bond acceptors (Lipinski definition) is 2. The van der Waals surface area contributed by atoms with Gasteiger partial charge in [-0.3, -0.25) is 4.79 Å². The van der Waals surface area contributed by atoms with Crippen molar-refractivity contribution >= 4 is 17.4 Å². The normalized spacial score (nSPS) is 11.9. The van der Waals surface area contributed by atoms with Crippen molar-refractivity contribution in [3.8, 4) is 5.75 Å². The first kappa shape index (κ1) is 12.7. The summed E-state index contributed by atoms with van der Waals surface area (Å²) >= 11 is 6.20. The number of alkyl halides is 1. The van der Waals surface area contributed by atoms with Crippen molar-refractivity contribution in [3.05, 3.63) is 65.7 Å². The highest BCUT2D eigenvalue weighted by molar-refractivity contribution is 6.33. The fraction of sp³-hybridized carbons (Fsp3) is 0.133. The van der Waals surface area contributed by atoms with Gasteiger partial charge in [-0.25, -0.2) is 0 Å². The van der Waals surface area contributed by atoms with Gasteiger partial charge in [-0.05, 0) is 17.7 Å². The Morgan fingerprint density at radius 1 is 1.11 bits per heavy atom. The molecule has 2 aromatic rings. The van der Waals surface area contributed by atoms with E-state index in [1.54, 1.807) is 31.4 Å². The monoisotopic (exact) mass is 260 g/mol. The molecule has 0 aliphatic rings. The second kappa shape index (κ2) is 5.69. The van der Waals surface area contributed by atoms with Crippen LogP contribution in [0.4, 0.5) is 0 Å². The molecule has 0 fully saturated rings. The van der Waals surface area contributed by atoms with E-state index in [9.17, 15) is 4.79 Å². The van der Waals surface area contributed by atoms with E-state index in [2.05, 4.69) is 0 Å². The van der Waals surface area contributed by atoms with Crippen LogP contribution < -0.4 is 4.74 Å². The van der Waals surface area contributed by atoms with E-state index < -0.39 is 5.38 Å². The number of ketones is 1. The predicted molar refractivity (Wildman–Crippen MR) is 72.4 cm³/mol. The summed E-state index contributed by atoms with van der Waals surface area (Å²) in [5.41, 5.74) is 1.35. The first-order chi connectivity index (χ1) is 8.72. The maximum absolute atomic E-state index is 12.2. The molecule has 0 aromatic heterocycles. The molecule has 0 amide bonds. The first-order valence-corrected chi connectivity index (χ1v) is 6.03. The number of rotatable bonds is 4. The molecule has 0 saturated heterocycles. The van der Waals surface area contributed by atoms with Gasteiger partial charge in [-0.15, -0.1) is 11.6 Å². The Kier molecular flexibility index (Phi) is 4.00. The Hall–Kier alpha value is -1.80. The molecule has 1 unspecified atom stereocenters. The summed E-state index contributed by atoms with van der Waals surface area (Å²) in [4.78, 5) is 12.2. The number of ether oxygens (including phenoxy) is 1. The van der Waals surface area contributed by atoms with E-state index >= 15 is 0 Å². The standard InChI is InChI=1S/C15H13ClO2/c1-18-13-9-5-8-12(10-13)15(17)14(16)11-6-3-2-4-7-11/h2-10,14H,1H3. The Bertz CT molecular complexity index is 537. The topological polar surface area (TPSA) is 26.3 Å². The Morgan fingerprint density at radius 2 is 1.83 bits per heavy atom. The van der Waals surface area contributed by atoms with E-state index in [0.717, 1.165) is 5.56 Å². The van der Waals surface area contributed by atoms with Crippen molar-refractivity contribution < 1.29 is 9.53 Å². The van der Waals surface area contributed by atoms with Gasteiger partial charge in [0.1, 0.15) is 11.1 Å². The highest BCUT2D eigenvalue weighted by atomic mass is 35.5. The molecule has 0 spiro atoms. The lowest BCUT2D eigenvalue weighted by molar-refractivity contribution is 0.0987. The molecule has 1 atom stereocenters. The molecular weight excluding hydrogens is 248 g/mol. The van der Waals surface area contributed by atoms with Crippen molar-refractivity contribution in [1.29, 1.82) is 0 Å². The van der Waals surface area contributed by atoms with Crippen LogP contribution in [0.1, 0.15) is 21.3 Å². The van der Waals surface area contributed by atoms with Crippen LogP contribution >= 0.6 is 11.6 Å². The smallest absolute Gasteiger partial charge is 0.185 e. The molecule has 92 valence electrons. The van der Waals surface area contributed by atoms with E-state index in [0.29, 0.717) is 11.3 Å². The second-order valence-corrected chi connectivity index (χ2v) is 4.31. The summed E-state index contributed by atoms with van der Waals surface area (Å²) in [7, 11) is 1.57. The van der Waals surface area contributed by atoms with Crippen molar-refractivity contribution in [2.45, 2.75) is 5.38 Å². The molecule has 18 heavy (non-hydrogen) atoms.